The van der Waals surface area contributed by atoms with Gasteiger partial charge in [-0.1, -0.05) is 57.4 Å². The van der Waals surface area contributed by atoms with Gasteiger partial charge >= 0.3 is 0 Å². The van der Waals surface area contributed by atoms with Crippen molar-refractivity contribution in [2.75, 3.05) is 6.61 Å². The fourth-order valence-electron chi connectivity index (χ4n) is 5.24. The molecule has 0 spiro atoms. The summed E-state index contributed by atoms with van der Waals surface area (Å²) in [7, 11) is 0. The zero-order valence-corrected chi connectivity index (χ0v) is 14.5. The minimum Gasteiger partial charge on any atom is -0.392 e. The Morgan fingerprint density at radius 2 is 2.05 bits per heavy atom. The van der Waals surface area contributed by atoms with Gasteiger partial charge < -0.3 is 5.11 Å². The molecule has 1 N–H and O–H groups in total. The van der Waals surface area contributed by atoms with Crippen molar-refractivity contribution >= 4 is 0 Å². The summed E-state index contributed by atoms with van der Waals surface area (Å²) in [6.07, 6.45) is 10.9. The molecule has 1 heteroatoms. The molecule has 2 aliphatic carbocycles. The number of aliphatic hydroxyl groups excluding tert-OH is 1. The predicted molar refractivity (Wildman–Crippen MR) is 91.2 cm³/mol. The summed E-state index contributed by atoms with van der Waals surface area (Å²) in [6.45, 7) is 14.3. The van der Waals surface area contributed by atoms with Crippen LogP contribution in [0.2, 0.25) is 0 Å². The maximum absolute atomic E-state index is 9.05. The number of hydrogen-bond donors (Lipinski definition) is 1. The molecule has 0 unspecified atom stereocenters. The van der Waals surface area contributed by atoms with Crippen molar-refractivity contribution in [3.05, 3.63) is 23.8 Å². The molecule has 2 saturated carbocycles. The fraction of sp³-hybridized carbons (Fsp3) is 0.800. The molecular weight excluding hydrogens is 256 g/mol. The first-order valence-corrected chi connectivity index (χ1v) is 8.79. The zero-order chi connectivity index (χ0) is 15.7. The van der Waals surface area contributed by atoms with E-state index >= 15 is 0 Å². The molecular formula is C20H34O. The normalized spacial score (nSPS) is 41.0. The minimum atomic E-state index is 0.170. The third-order valence-electron chi connectivity index (χ3n) is 7.22. The molecule has 0 heterocycles. The van der Waals surface area contributed by atoms with Crippen molar-refractivity contribution < 1.29 is 5.11 Å². The summed E-state index contributed by atoms with van der Waals surface area (Å²) < 4.78 is 0. The Balaban J connectivity index is 2.21. The highest BCUT2D eigenvalue weighted by atomic mass is 16.2. The second-order valence-electron chi connectivity index (χ2n) is 8.11. The predicted octanol–water partition coefficient (Wildman–Crippen LogP) is 5.50. The molecule has 2 fully saturated rings. The van der Waals surface area contributed by atoms with Crippen LogP contribution in [0.15, 0.2) is 23.8 Å². The first-order chi connectivity index (χ1) is 9.85. The molecule has 0 saturated heterocycles. The average Bonchev–Trinajstić information content (AvgIpc) is 2.42. The van der Waals surface area contributed by atoms with Crippen LogP contribution in [0.3, 0.4) is 0 Å². The quantitative estimate of drug-likeness (QED) is 0.677. The Bertz CT molecular complexity index is 422. The van der Waals surface area contributed by atoms with Crippen molar-refractivity contribution in [1.29, 1.82) is 0 Å². The summed E-state index contributed by atoms with van der Waals surface area (Å²) in [6, 6.07) is 0. The van der Waals surface area contributed by atoms with Gasteiger partial charge in [-0.2, -0.15) is 0 Å². The monoisotopic (exact) mass is 290 g/mol. The molecule has 2 rings (SSSR count). The van der Waals surface area contributed by atoms with Crippen molar-refractivity contribution in [2.45, 2.75) is 72.6 Å². The first-order valence-electron chi connectivity index (χ1n) is 8.79. The summed E-state index contributed by atoms with van der Waals surface area (Å²) in [5, 5.41) is 9.05. The van der Waals surface area contributed by atoms with Gasteiger partial charge in [-0.3, -0.25) is 0 Å². The highest BCUT2D eigenvalue weighted by Crippen LogP contribution is 2.64. The molecule has 2 aliphatic rings. The lowest BCUT2D eigenvalue weighted by Crippen LogP contribution is -2.52. The number of allylic oxidation sites excluding steroid dienone is 2. The fourth-order valence-corrected chi connectivity index (χ4v) is 5.24. The van der Waals surface area contributed by atoms with Gasteiger partial charge in [-0.25, -0.2) is 0 Å². The van der Waals surface area contributed by atoms with Gasteiger partial charge in [0.15, 0.2) is 0 Å². The topological polar surface area (TPSA) is 20.2 Å². The number of aliphatic hydroxyl groups is 1. The standard InChI is InChI=1S/C20H34O/c1-15(11-14-21)8-9-18-16(2)10-13-19(4)17(3)7-6-12-20(18,19)5/h11,17-18,21H,2,6-10,12-14H2,1,3-5H3/b15-11+/t17-,18-,19+,20+/m1/s1. The second-order valence-corrected chi connectivity index (χ2v) is 8.11. The van der Waals surface area contributed by atoms with Crippen molar-refractivity contribution in [3.63, 3.8) is 0 Å². The lowest BCUT2D eigenvalue weighted by molar-refractivity contribution is -0.0896. The van der Waals surface area contributed by atoms with E-state index < -0.39 is 0 Å². The van der Waals surface area contributed by atoms with Crippen LogP contribution in [0, 0.1) is 22.7 Å². The molecule has 120 valence electrons. The van der Waals surface area contributed by atoms with E-state index in [9.17, 15) is 0 Å². The molecule has 0 bridgehead atoms. The average molecular weight is 290 g/mol. The third-order valence-corrected chi connectivity index (χ3v) is 7.22. The Labute approximate surface area is 131 Å². The van der Waals surface area contributed by atoms with E-state index in [2.05, 4.69) is 34.3 Å². The molecule has 0 aliphatic heterocycles. The summed E-state index contributed by atoms with van der Waals surface area (Å²) in [5.74, 6) is 1.49. The smallest absolute Gasteiger partial charge is 0.0614 e. The maximum Gasteiger partial charge on any atom is 0.0614 e. The van der Waals surface area contributed by atoms with E-state index in [0.717, 1.165) is 12.3 Å². The van der Waals surface area contributed by atoms with Crippen LogP contribution in [-0.2, 0) is 0 Å². The molecule has 4 atom stereocenters. The molecule has 21 heavy (non-hydrogen) atoms. The minimum absolute atomic E-state index is 0.170. The summed E-state index contributed by atoms with van der Waals surface area (Å²) in [5.41, 5.74) is 3.71. The largest absolute Gasteiger partial charge is 0.392 e. The van der Waals surface area contributed by atoms with Crippen LogP contribution >= 0.6 is 0 Å². The number of hydrogen-bond acceptors (Lipinski definition) is 1. The van der Waals surface area contributed by atoms with Crippen LogP contribution in [0.25, 0.3) is 0 Å². The molecule has 0 aromatic rings. The van der Waals surface area contributed by atoms with Crippen molar-refractivity contribution in [2.24, 2.45) is 22.7 Å². The molecule has 1 nitrogen and oxygen atoms in total. The van der Waals surface area contributed by atoms with E-state index in [1.165, 1.54) is 49.7 Å². The van der Waals surface area contributed by atoms with E-state index in [-0.39, 0.29) is 6.61 Å². The van der Waals surface area contributed by atoms with Gasteiger partial charge in [0.05, 0.1) is 6.61 Å². The lowest BCUT2D eigenvalue weighted by Gasteiger charge is -2.61. The Morgan fingerprint density at radius 3 is 2.71 bits per heavy atom. The number of fused-ring (bicyclic) bond motifs is 1. The van der Waals surface area contributed by atoms with Crippen LogP contribution < -0.4 is 0 Å². The SMILES string of the molecule is C=C1CC[C@@]2(C)[C@H](C)CCC[C@@]2(C)[C@@H]1CC/C(C)=C/CO. The Kier molecular flexibility index (Phi) is 5.03. The van der Waals surface area contributed by atoms with Crippen LogP contribution in [0.1, 0.15) is 72.6 Å². The van der Waals surface area contributed by atoms with Gasteiger partial charge in [0.2, 0.25) is 0 Å². The van der Waals surface area contributed by atoms with Crippen LogP contribution in [0.4, 0.5) is 0 Å². The van der Waals surface area contributed by atoms with Gasteiger partial charge in [0.1, 0.15) is 0 Å². The van der Waals surface area contributed by atoms with E-state index in [1.54, 1.807) is 0 Å². The number of rotatable bonds is 4. The van der Waals surface area contributed by atoms with Crippen LogP contribution in [0.5, 0.6) is 0 Å². The Morgan fingerprint density at radius 1 is 1.33 bits per heavy atom. The van der Waals surface area contributed by atoms with Gasteiger partial charge in [0, 0.05) is 0 Å². The van der Waals surface area contributed by atoms with Gasteiger partial charge in [-0.15, -0.1) is 0 Å². The van der Waals surface area contributed by atoms with Crippen molar-refractivity contribution in [1.82, 2.24) is 0 Å². The highest BCUT2D eigenvalue weighted by Gasteiger charge is 2.55. The van der Waals surface area contributed by atoms with Crippen LogP contribution in [-0.4, -0.2) is 11.7 Å². The second kappa shape index (κ2) is 6.28. The van der Waals surface area contributed by atoms with Crippen molar-refractivity contribution in [3.8, 4) is 0 Å². The van der Waals surface area contributed by atoms with E-state index in [4.69, 9.17) is 5.11 Å². The molecule has 0 aromatic carbocycles. The summed E-state index contributed by atoms with van der Waals surface area (Å²) >= 11 is 0. The lowest BCUT2D eigenvalue weighted by atomic mass is 9.43. The van der Waals surface area contributed by atoms with Gasteiger partial charge in [-0.05, 0) is 61.7 Å². The zero-order valence-electron chi connectivity index (χ0n) is 14.5. The first kappa shape index (κ1) is 16.8. The molecule has 0 radical (unpaired) electrons. The molecule has 0 aromatic heterocycles. The highest BCUT2D eigenvalue weighted by molar-refractivity contribution is 5.18. The third kappa shape index (κ3) is 2.86. The van der Waals surface area contributed by atoms with E-state index in [0.29, 0.717) is 16.7 Å². The van der Waals surface area contributed by atoms with E-state index in [1.807, 2.05) is 6.08 Å². The Hall–Kier alpha value is -0.560. The molecule has 0 amide bonds. The maximum atomic E-state index is 9.05. The van der Waals surface area contributed by atoms with Gasteiger partial charge in [0.25, 0.3) is 0 Å². The summed E-state index contributed by atoms with van der Waals surface area (Å²) in [4.78, 5) is 0.